The molecule has 1 aromatic heterocycles. The van der Waals surface area contributed by atoms with Crippen LogP contribution in [0.5, 0.6) is 0 Å². The molecule has 2 aromatic rings. The van der Waals surface area contributed by atoms with Crippen LogP contribution in [0.4, 0.5) is 5.69 Å². The molecule has 1 aromatic carbocycles. The highest BCUT2D eigenvalue weighted by molar-refractivity contribution is 7.89. The standard InChI is InChI=1S/C14H17ClN2O2S2/c1-14(2,13-4-3-7-20-13)9-17-21(18,19)10-5-6-12(16)11(15)8-10/h3-8,17H,9,16H2,1-2H3. The Hall–Kier alpha value is -1.08. The van der Waals surface area contributed by atoms with Crippen molar-refractivity contribution in [2.24, 2.45) is 0 Å². The molecule has 0 aliphatic heterocycles. The minimum absolute atomic E-state index is 0.115. The van der Waals surface area contributed by atoms with Crippen molar-refractivity contribution in [1.82, 2.24) is 4.72 Å². The summed E-state index contributed by atoms with van der Waals surface area (Å²) in [5.74, 6) is 0. The largest absolute Gasteiger partial charge is 0.398 e. The van der Waals surface area contributed by atoms with Crippen LogP contribution in [0.25, 0.3) is 0 Å². The highest BCUT2D eigenvalue weighted by Crippen LogP contribution is 2.28. The molecule has 0 aliphatic rings. The molecule has 3 N–H and O–H groups in total. The van der Waals surface area contributed by atoms with Crippen LogP contribution < -0.4 is 10.5 Å². The Morgan fingerprint density at radius 1 is 1.33 bits per heavy atom. The van der Waals surface area contributed by atoms with E-state index < -0.39 is 10.0 Å². The van der Waals surface area contributed by atoms with E-state index in [4.69, 9.17) is 17.3 Å². The topological polar surface area (TPSA) is 72.2 Å². The van der Waals surface area contributed by atoms with E-state index in [-0.39, 0.29) is 15.3 Å². The van der Waals surface area contributed by atoms with Crippen LogP contribution in [0, 0.1) is 0 Å². The summed E-state index contributed by atoms with van der Waals surface area (Å²) in [4.78, 5) is 1.24. The van der Waals surface area contributed by atoms with Crippen LogP contribution in [0.3, 0.4) is 0 Å². The fourth-order valence-electron chi connectivity index (χ4n) is 1.78. The van der Waals surface area contributed by atoms with Gasteiger partial charge in [0.25, 0.3) is 0 Å². The summed E-state index contributed by atoms with van der Waals surface area (Å²) in [5.41, 5.74) is 5.67. The number of hydrogen-bond donors (Lipinski definition) is 2. The SMILES string of the molecule is CC(C)(CNS(=O)(=O)c1ccc(N)c(Cl)c1)c1cccs1. The molecule has 0 unspecified atom stereocenters. The van der Waals surface area contributed by atoms with Gasteiger partial charge in [0.2, 0.25) is 10.0 Å². The number of nitrogen functional groups attached to an aromatic ring is 1. The van der Waals surface area contributed by atoms with E-state index in [2.05, 4.69) is 4.72 Å². The molecule has 7 heteroatoms. The monoisotopic (exact) mass is 344 g/mol. The van der Waals surface area contributed by atoms with Crippen molar-refractivity contribution in [2.75, 3.05) is 12.3 Å². The highest BCUT2D eigenvalue weighted by Gasteiger charge is 2.25. The van der Waals surface area contributed by atoms with Gasteiger partial charge in [-0.3, -0.25) is 0 Å². The van der Waals surface area contributed by atoms with Crippen molar-refractivity contribution >= 4 is 38.6 Å². The van der Waals surface area contributed by atoms with Gasteiger partial charge in [0.15, 0.2) is 0 Å². The Morgan fingerprint density at radius 2 is 2.05 bits per heavy atom. The van der Waals surface area contributed by atoms with Crippen molar-refractivity contribution < 1.29 is 8.42 Å². The molecule has 0 saturated heterocycles. The Morgan fingerprint density at radius 3 is 2.62 bits per heavy atom. The lowest BCUT2D eigenvalue weighted by molar-refractivity contribution is 0.509. The molecule has 0 saturated carbocycles. The second kappa shape index (κ2) is 5.96. The van der Waals surface area contributed by atoms with Crippen LogP contribution in [-0.2, 0) is 15.4 Å². The molecule has 4 nitrogen and oxygen atoms in total. The molecule has 2 rings (SSSR count). The van der Waals surface area contributed by atoms with Gasteiger partial charge in [-0.2, -0.15) is 0 Å². The maximum atomic E-state index is 12.3. The lowest BCUT2D eigenvalue weighted by Gasteiger charge is -2.23. The van der Waals surface area contributed by atoms with Crippen molar-refractivity contribution in [3.8, 4) is 0 Å². The van der Waals surface area contributed by atoms with Gasteiger partial charge in [-0.1, -0.05) is 31.5 Å². The van der Waals surface area contributed by atoms with Crippen LogP contribution in [0.2, 0.25) is 5.02 Å². The van der Waals surface area contributed by atoms with Crippen molar-refractivity contribution in [3.63, 3.8) is 0 Å². The molecule has 0 spiro atoms. The molecular weight excluding hydrogens is 328 g/mol. The molecule has 0 aliphatic carbocycles. The summed E-state index contributed by atoms with van der Waals surface area (Å²) < 4.78 is 27.2. The van der Waals surface area contributed by atoms with Gasteiger partial charge in [0.1, 0.15) is 0 Å². The molecule has 114 valence electrons. The quantitative estimate of drug-likeness (QED) is 0.818. The van der Waals surface area contributed by atoms with Gasteiger partial charge in [0.05, 0.1) is 15.6 Å². The normalized spacial score (nSPS) is 12.5. The van der Waals surface area contributed by atoms with Crippen LogP contribution >= 0.6 is 22.9 Å². The summed E-state index contributed by atoms with van der Waals surface area (Å²) in [7, 11) is -3.61. The summed E-state index contributed by atoms with van der Waals surface area (Å²) >= 11 is 7.48. The second-order valence-corrected chi connectivity index (χ2v) is 8.49. The first-order chi connectivity index (χ1) is 9.72. The Bertz CT molecular complexity index is 725. The van der Waals surface area contributed by atoms with E-state index in [0.717, 1.165) is 4.88 Å². The number of nitrogens with two attached hydrogens (primary N) is 1. The molecule has 0 radical (unpaired) electrons. The minimum atomic E-state index is -3.61. The Balaban J connectivity index is 2.16. The fraction of sp³-hybridized carbons (Fsp3) is 0.286. The van der Waals surface area contributed by atoms with E-state index >= 15 is 0 Å². The third-order valence-electron chi connectivity index (χ3n) is 3.17. The molecule has 1 heterocycles. The lowest BCUT2D eigenvalue weighted by atomic mass is 9.92. The highest BCUT2D eigenvalue weighted by atomic mass is 35.5. The number of benzene rings is 1. The zero-order valence-electron chi connectivity index (χ0n) is 11.8. The van der Waals surface area contributed by atoms with Crippen molar-refractivity contribution in [2.45, 2.75) is 24.2 Å². The predicted octanol–water partition coefficient (Wildman–Crippen LogP) is 3.24. The first-order valence-corrected chi connectivity index (χ1v) is 9.05. The first-order valence-electron chi connectivity index (χ1n) is 6.31. The van der Waals surface area contributed by atoms with Crippen LogP contribution in [0.15, 0.2) is 40.6 Å². The second-order valence-electron chi connectivity index (χ2n) is 5.37. The number of thiophene rings is 1. The number of hydrogen-bond acceptors (Lipinski definition) is 4. The van der Waals surface area contributed by atoms with E-state index in [1.807, 2.05) is 31.4 Å². The molecule has 0 atom stereocenters. The molecule has 0 fully saturated rings. The fourth-order valence-corrected chi connectivity index (χ4v) is 4.12. The first kappa shape index (κ1) is 16.3. The van der Waals surface area contributed by atoms with Crippen molar-refractivity contribution in [3.05, 3.63) is 45.6 Å². The zero-order chi connectivity index (χ0) is 15.7. The van der Waals surface area contributed by atoms with Gasteiger partial charge < -0.3 is 5.73 Å². The maximum absolute atomic E-state index is 12.3. The third-order valence-corrected chi connectivity index (χ3v) is 6.14. The number of halogens is 1. The van der Waals surface area contributed by atoms with Crippen LogP contribution in [-0.4, -0.2) is 15.0 Å². The Labute approximate surface area is 134 Å². The number of nitrogens with one attached hydrogen (secondary N) is 1. The zero-order valence-corrected chi connectivity index (χ0v) is 14.1. The van der Waals surface area contributed by atoms with E-state index in [1.54, 1.807) is 11.3 Å². The molecule has 0 amide bonds. The third kappa shape index (κ3) is 3.77. The number of sulfonamides is 1. The summed E-state index contributed by atoms with van der Waals surface area (Å²) in [6, 6.07) is 8.25. The average Bonchev–Trinajstić information content (AvgIpc) is 2.94. The van der Waals surface area contributed by atoms with Crippen molar-refractivity contribution in [1.29, 1.82) is 0 Å². The smallest absolute Gasteiger partial charge is 0.240 e. The van der Waals surface area contributed by atoms with Gasteiger partial charge in [-0.15, -0.1) is 11.3 Å². The van der Waals surface area contributed by atoms with Gasteiger partial charge in [-0.25, -0.2) is 13.1 Å². The summed E-state index contributed by atoms with van der Waals surface area (Å²) in [6.07, 6.45) is 0. The van der Waals surface area contributed by atoms with Gasteiger partial charge in [0, 0.05) is 16.8 Å². The number of anilines is 1. The molecular formula is C14H17ClN2O2S2. The average molecular weight is 345 g/mol. The van der Waals surface area contributed by atoms with E-state index in [1.165, 1.54) is 18.2 Å². The minimum Gasteiger partial charge on any atom is -0.398 e. The lowest BCUT2D eigenvalue weighted by Crippen LogP contribution is -2.36. The maximum Gasteiger partial charge on any atom is 0.240 e. The molecule has 21 heavy (non-hydrogen) atoms. The number of rotatable bonds is 5. The summed E-state index contributed by atoms with van der Waals surface area (Å²) in [6.45, 7) is 4.30. The molecule has 0 bridgehead atoms. The van der Waals surface area contributed by atoms with E-state index in [0.29, 0.717) is 12.2 Å². The van der Waals surface area contributed by atoms with Crippen LogP contribution in [0.1, 0.15) is 18.7 Å². The van der Waals surface area contributed by atoms with E-state index in [9.17, 15) is 8.42 Å². The van der Waals surface area contributed by atoms with Gasteiger partial charge >= 0.3 is 0 Å². The Kier molecular flexibility index (Phi) is 4.63. The summed E-state index contributed by atoms with van der Waals surface area (Å²) in [5, 5.41) is 2.21. The predicted molar refractivity (Wildman–Crippen MR) is 88.4 cm³/mol. The van der Waals surface area contributed by atoms with Gasteiger partial charge in [-0.05, 0) is 29.6 Å².